The van der Waals surface area contributed by atoms with Crippen molar-refractivity contribution in [1.29, 1.82) is 0 Å². The maximum Gasteiger partial charge on any atom is 0.0123 e. The first-order chi connectivity index (χ1) is 6.05. The molecule has 0 aromatic carbocycles. The van der Waals surface area contributed by atoms with Crippen molar-refractivity contribution in [2.45, 2.75) is 51.6 Å². The molecular weight excluding hydrogens is 160 g/mol. The summed E-state index contributed by atoms with van der Waals surface area (Å²) >= 11 is 0. The molecule has 0 bridgehead atoms. The van der Waals surface area contributed by atoms with Gasteiger partial charge in [-0.2, -0.15) is 0 Å². The van der Waals surface area contributed by atoms with Crippen LogP contribution >= 0.6 is 0 Å². The molecule has 0 aliphatic heterocycles. The number of nitrogens with zero attached hydrogens (tertiary/aromatic N) is 1. The first kappa shape index (κ1) is 11.0. The molecule has 78 valence electrons. The SMILES string of the molecule is CCC(C)(C)NCCN(C)C1CC1. The van der Waals surface area contributed by atoms with Crippen molar-refractivity contribution >= 4 is 0 Å². The second-order valence-corrected chi connectivity index (χ2v) is 4.88. The van der Waals surface area contributed by atoms with Crippen LogP contribution in [0.5, 0.6) is 0 Å². The van der Waals surface area contributed by atoms with E-state index < -0.39 is 0 Å². The largest absolute Gasteiger partial charge is 0.311 e. The minimum atomic E-state index is 0.310. The van der Waals surface area contributed by atoms with Gasteiger partial charge in [-0.25, -0.2) is 0 Å². The van der Waals surface area contributed by atoms with Gasteiger partial charge in [0.25, 0.3) is 0 Å². The van der Waals surface area contributed by atoms with E-state index in [1.54, 1.807) is 0 Å². The van der Waals surface area contributed by atoms with Crippen LogP contribution in [0.1, 0.15) is 40.0 Å². The molecule has 0 radical (unpaired) electrons. The molecule has 0 unspecified atom stereocenters. The summed E-state index contributed by atoms with van der Waals surface area (Å²) in [6.07, 6.45) is 4.02. The minimum absolute atomic E-state index is 0.310. The predicted molar refractivity (Wildman–Crippen MR) is 58.0 cm³/mol. The molecule has 1 N–H and O–H groups in total. The van der Waals surface area contributed by atoms with Crippen LogP contribution in [-0.4, -0.2) is 36.6 Å². The Labute approximate surface area is 82.7 Å². The summed E-state index contributed by atoms with van der Waals surface area (Å²) in [6.45, 7) is 9.08. The van der Waals surface area contributed by atoms with E-state index in [2.05, 4.69) is 38.0 Å². The van der Waals surface area contributed by atoms with Gasteiger partial charge in [-0.3, -0.25) is 0 Å². The lowest BCUT2D eigenvalue weighted by atomic mass is 10.0. The van der Waals surface area contributed by atoms with Gasteiger partial charge < -0.3 is 10.2 Å². The van der Waals surface area contributed by atoms with Crippen molar-refractivity contribution in [3.05, 3.63) is 0 Å². The van der Waals surface area contributed by atoms with Crippen molar-refractivity contribution < 1.29 is 0 Å². The highest BCUT2D eigenvalue weighted by Gasteiger charge is 2.25. The molecule has 0 heterocycles. The van der Waals surface area contributed by atoms with E-state index in [1.807, 2.05) is 0 Å². The highest BCUT2D eigenvalue weighted by molar-refractivity contribution is 4.83. The van der Waals surface area contributed by atoms with Gasteiger partial charge >= 0.3 is 0 Å². The third kappa shape index (κ3) is 4.10. The predicted octanol–water partition coefficient (Wildman–Crippen LogP) is 1.86. The Morgan fingerprint density at radius 2 is 2.00 bits per heavy atom. The molecule has 2 nitrogen and oxygen atoms in total. The molecule has 1 rings (SSSR count). The van der Waals surface area contributed by atoms with Crippen LogP contribution in [0.25, 0.3) is 0 Å². The molecule has 2 heteroatoms. The molecule has 0 aromatic rings. The van der Waals surface area contributed by atoms with Gasteiger partial charge in [0, 0.05) is 24.7 Å². The summed E-state index contributed by atoms with van der Waals surface area (Å²) in [5, 5.41) is 3.58. The van der Waals surface area contributed by atoms with E-state index in [9.17, 15) is 0 Å². The zero-order valence-corrected chi connectivity index (χ0v) is 9.56. The Morgan fingerprint density at radius 1 is 1.38 bits per heavy atom. The van der Waals surface area contributed by atoms with Crippen molar-refractivity contribution in [2.24, 2.45) is 0 Å². The van der Waals surface area contributed by atoms with E-state index >= 15 is 0 Å². The third-order valence-corrected chi connectivity index (χ3v) is 3.12. The average Bonchev–Trinajstić information content (AvgIpc) is 2.86. The Hall–Kier alpha value is -0.0800. The van der Waals surface area contributed by atoms with E-state index in [0.29, 0.717) is 5.54 Å². The van der Waals surface area contributed by atoms with Gasteiger partial charge in [-0.05, 0) is 40.2 Å². The molecule has 0 saturated heterocycles. The quantitative estimate of drug-likeness (QED) is 0.678. The zero-order chi connectivity index (χ0) is 9.90. The van der Waals surface area contributed by atoms with Crippen LogP contribution in [0.2, 0.25) is 0 Å². The van der Waals surface area contributed by atoms with E-state index in [4.69, 9.17) is 0 Å². The van der Waals surface area contributed by atoms with Gasteiger partial charge in [0.05, 0.1) is 0 Å². The molecule has 1 aliphatic carbocycles. The number of nitrogens with one attached hydrogen (secondary N) is 1. The second-order valence-electron chi connectivity index (χ2n) is 4.88. The summed E-state index contributed by atoms with van der Waals surface area (Å²) in [7, 11) is 2.23. The number of likely N-dealkylation sites (N-methyl/N-ethyl adjacent to an activating group) is 1. The standard InChI is InChI=1S/C11H24N2/c1-5-11(2,3)12-8-9-13(4)10-6-7-10/h10,12H,5-9H2,1-4H3. The monoisotopic (exact) mass is 184 g/mol. The Balaban J connectivity index is 2.05. The van der Waals surface area contributed by atoms with Crippen LogP contribution < -0.4 is 5.32 Å². The van der Waals surface area contributed by atoms with E-state index in [-0.39, 0.29) is 0 Å². The molecule has 0 aromatic heterocycles. The zero-order valence-electron chi connectivity index (χ0n) is 9.56. The topological polar surface area (TPSA) is 15.3 Å². The molecular formula is C11H24N2. The molecule has 1 saturated carbocycles. The van der Waals surface area contributed by atoms with Gasteiger partial charge in [0.1, 0.15) is 0 Å². The van der Waals surface area contributed by atoms with Crippen LogP contribution in [0.15, 0.2) is 0 Å². The lowest BCUT2D eigenvalue weighted by Crippen LogP contribution is -2.42. The molecule has 0 amide bonds. The fourth-order valence-electron chi connectivity index (χ4n) is 1.39. The Kier molecular flexibility index (Phi) is 3.74. The molecule has 0 spiro atoms. The summed E-state index contributed by atoms with van der Waals surface area (Å²) in [4.78, 5) is 2.47. The van der Waals surface area contributed by atoms with E-state index in [0.717, 1.165) is 12.6 Å². The highest BCUT2D eigenvalue weighted by atomic mass is 15.2. The van der Waals surface area contributed by atoms with Crippen LogP contribution in [0, 0.1) is 0 Å². The van der Waals surface area contributed by atoms with Gasteiger partial charge in [0.15, 0.2) is 0 Å². The lowest BCUT2D eigenvalue weighted by molar-refractivity contribution is 0.291. The van der Waals surface area contributed by atoms with Crippen LogP contribution in [-0.2, 0) is 0 Å². The fourth-order valence-corrected chi connectivity index (χ4v) is 1.39. The van der Waals surface area contributed by atoms with E-state index in [1.165, 1.54) is 25.8 Å². The lowest BCUT2D eigenvalue weighted by Gasteiger charge is -2.26. The van der Waals surface area contributed by atoms with Gasteiger partial charge in [-0.15, -0.1) is 0 Å². The third-order valence-electron chi connectivity index (χ3n) is 3.12. The summed E-state index contributed by atoms with van der Waals surface area (Å²) < 4.78 is 0. The Bertz CT molecular complexity index is 150. The number of hydrogen-bond acceptors (Lipinski definition) is 2. The average molecular weight is 184 g/mol. The smallest absolute Gasteiger partial charge is 0.0123 e. The van der Waals surface area contributed by atoms with Gasteiger partial charge in [-0.1, -0.05) is 6.92 Å². The second kappa shape index (κ2) is 4.43. The molecule has 1 fully saturated rings. The molecule has 0 atom stereocenters. The first-order valence-corrected chi connectivity index (χ1v) is 5.50. The maximum atomic E-state index is 3.58. The molecule has 13 heavy (non-hydrogen) atoms. The maximum absolute atomic E-state index is 3.58. The minimum Gasteiger partial charge on any atom is -0.311 e. The number of rotatable bonds is 6. The van der Waals surface area contributed by atoms with Crippen LogP contribution in [0.4, 0.5) is 0 Å². The normalized spacial score (nSPS) is 18.2. The molecule has 1 aliphatic rings. The van der Waals surface area contributed by atoms with Crippen LogP contribution in [0.3, 0.4) is 0 Å². The summed E-state index contributed by atoms with van der Waals surface area (Å²) in [6, 6.07) is 0.895. The highest BCUT2D eigenvalue weighted by Crippen LogP contribution is 2.24. The van der Waals surface area contributed by atoms with Crippen molar-refractivity contribution in [3.8, 4) is 0 Å². The van der Waals surface area contributed by atoms with Gasteiger partial charge in [0.2, 0.25) is 0 Å². The number of hydrogen-bond donors (Lipinski definition) is 1. The van der Waals surface area contributed by atoms with Crippen molar-refractivity contribution in [3.63, 3.8) is 0 Å². The summed E-state index contributed by atoms with van der Waals surface area (Å²) in [5.74, 6) is 0. The first-order valence-electron chi connectivity index (χ1n) is 5.50. The Morgan fingerprint density at radius 3 is 2.46 bits per heavy atom. The van der Waals surface area contributed by atoms with Crippen molar-refractivity contribution in [1.82, 2.24) is 10.2 Å². The fraction of sp³-hybridized carbons (Fsp3) is 1.00. The summed E-state index contributed by atoms with van der Waals surface area (Å²) in [5.41, 5.74) is 0.310. The van der Waals surface area contributed by atoms with Crippen molar-refractivity contribution in [2.75, 3.05) is 20.1 Å².